The standard InChI is InChI=1S/C14H15FN2O2/c1-3-16-12(5-4-8-18)14(19)17-13-9-11(15)7-6-10(13)2/h3,5-9H,4H2,1-2H3,(H,17,19)/b12-5-,16-3?. The first-order valence-electron chi connectivity index (χ1n) is 5.78. The zero-order valence-electron chi connectivity index (χ0n) is 10.8. The minimum atomic E-state index is -0.478. The Labute approximate surface area is 111 Å². The molecule has 0 unspecified atom stereocenters. The van der Waals surface area contributed by atoms with Crippen LogP contribution < -0.4 is 5.32 Å². The Balaban J connectivity index is 2.93. The van der Waals surface area contributed by atoms with Crippen molar-refractivity contribution in [1.29, 1.82) is 0 Å². The molecule has 0 saturated heterocycles. The van der Waals surface area contributed by atoms with Crippen molar-refractivity contribution in [1.82, 2.24) is 0 Å². The Bertz CT molecular complexity index is 536. The van der Waals surface area contributed by atoms with Crippen molar-refractivity contribution < 1.29 is 14.0 Å². The fourth-order valence-electron chi connectivity index (χ4n) is 1.42. The molecule has 100 valence electrons. The van der Waals surface area contributed by atoms with Crippen LogP contribution in [-0.2, 0) is 9.59 Å². The third-order valence-corrected chi connectivity index (χ3v) is 2.36. The van der Waals surface area contributed by atoms with Crippen LogP contribution in [0.15, 0.2) is 35.0 Å². The number of aryl methyl sites for hydroxylation is 1. The van der Waals surface area contributed by atoms with Gasteiger partial charge in [-0.1, -0.05) is 6.07 Å². The first kappa shape index (κ1) is 14.8. The summed E-state index contributed by atoms with van der Waals surface area (Å²) in [7, 11) is 0. The van der Waals surface area contributed by atoms with Gasteiger partial charge in [0, 0.05) is 18.3 Å². The number of nitrogens with one attached hydrogen (secondary N) is 1. The summed E-state index contributed by atoms with van der Waals surface area (Å²) in [5.41, 5.74) is 1.25. The number of amides is 1. The van der Waals surface area contributed by atoms with E-state index in [2.05, 4.69) is 10.3 Å². The van der Waals surface area contributed by atoms with E-state index in [1.54, 1.807) is 19.9 Å². The summed E-state index contributed by atoms with van der Waals surface area (Å²) >= 11 is 0. The molecule has 0 saturated carbocycles. The number of carbonyl (C=O) groups excluding carboxylic acids is 2. The molecule has 0 aromatic heterocycles. The monoisotopic (exact) mass is 262 g/mol. The fourth-order valence-corrected chi connectivity index (χ4v) is 1.42. The second-order valence-electron chi connectivity index (χ2n) is 3.79. The molecule has 0 atom stereocenters. The third-order valence-electron chi connectivity index (χ3n) is 2.36. The van der Waals surface area contributed by atoms with Crippen LogP contribution in [0.5, 0.6) is 0 Å². The molecule has 1 amide bonds. The Morgan fingerprint density at radius 2 is 2.21 bits per heavy atom. The molecule has 5 heteroatoms. The number of allylic oxidation sites excluding steroid dienone is 1. The summed E-state index contributed by atoms with van der Waals surface area (Å²) in [6.07, 6.45) is 3.64. The number of aldehydes is 1. The van der Waals surface area contributed by atoms with E-state index < -0.39 is 11.7 Å². The number of hydrogen-bond acceptors (Lipinski definition) is 3. The molecule has 0 bridgehead atoms. The van der Waals surface area contributed by atoms with E-state index in [4.69, 9.17) is 0 Å². The van der Waals surface area contributed by atoms with Gasteiger partial charge in [-0.3, -0.25) is 9.79 Å². The Morgan fingerprint density at radius 1 is 1.47 bits per heavy atom. The van der Waals surface area contributed by atoms with Crippen molar-refractivity contribution in [2.45, 2.75) is 20.3 Å². The maximum absolute atomic E-state index is 13.1. The van der Waals surface area contributed by atoms with Gasteiger partial charge in [-0.25, -0.2) is 4.39 Å². The normalized spacial score (nSPS) is 11.6. The van der Waals surface area contributed by atoms with Gasteiger partial charge >= 0.3 is 0 Å². The van der Waals surface area contributed by atoms with Crippen molar-refractivity contribution in [2.24, 2.45) is 4.99 Å². The van der Waals surface area contributed by atoms with E-state index in [0.717, 1.165) is 5.56 Å². The fraction of sp³-hybridized carbons (Fsp3) is 0.214. The van der Waals surface area contributed by atoms with Gasteiger partial charge in [-0.15, -0.1) is 0 Å². The molecule has 0 heterocycles. The summed E-state index contributed by atoms with van der Waals surface area (Å²) < 4.78 is 13.1. The lowest BCUT2D eigenvalue weighted by Gasteiger charge is -2.08. The van der Waals surface area contributed by atoms with Crippen molar-refractivity contribution in [3.63, 3.8) is 0 Å². The SMILES string of the molecule is CC=N/C(=C\CC=O)C(=O)Nc1cc(F)ccc1C. The Kier molecular flexibility index (Phi) is 5.60. The van der Waals surface area contributed by atoms with E-state index in [9.17, 15) is 14.0 Å². The minimum absolute atomic E-state index is 0.0994. The maximum atomic E-state index is 13.1. The number of carbonyl (C=O) groups is 2. The predicted molar refractivity (Wildman–Crippen MR) is 72.7 cm³/mol. The molecule has 0 radical (unpaired) electrons. The van der Waals surface area contributed by atoms with Crippen LogP contribution in [0.3, 0.4) is 0 Å². The number of hydrogen-bond donors (Lipinski definition) is 1. The van der Waals surface area contributed by atoms with E-state index in [-0.39, 0.29) is 12.1 Å². The second kappa shape index (κ2) is 7.20. The predicted octanol–water partition coefficient (Wildman–Crippen LogP) is 2.64. The van der Waals surface area contributed by atoms with Gasteiger partial charge in [-0.2, -0.15) is 0 Å². The van der Waals surface area contributed by atoms with Crippen LogP contribution in [0.2, 0.25) is 0 Å². The molecule has 19 heavy (non-hydrogen) atoms. The summed E-state index contributed by atoms with van der Waals surface area (Å²) in [5, 5.41) is 2.57. The molecular formula is C14H15FN2O2. The van der Waals surface area contributed by atoms with Gasteiger partial charge in [0.05, 0.1) is 0 Å². The third kappa shape index (κ3) is 4.46. The van der Waals surface area contributed by atoms with Crippen LogP contribution in [0, 0.1) is 12.7 Å². The van der Waals surface area contributed by atoms with E-state index in [1.165, 1.54) is 24.4 Å². The first-order chi connectivity index (χ1) is 9.08. The number of rotatable bonds is 5. The number of halogens is 1. The van der Waals surface area contributed by atoms with Crippen molar-refractivity contribution in [2.75, 3.05) is 5.32 Å². The summed E-state index contributed by atoms with van der Waals surface area (Å²) in [5.74, 6) is -0.910. The van der Waals surface area contributed by atoms with Crippen LogP contribution in [0.25, 0.3) is 0 Å². The molecule has 1 aromatic carbocycles. The highest BCUT2D eigenvalue weighted by Crippen LogP contribution is 2.17. The van der Waals surface area contributed by atoms with E-state index in [1.807, 2.05) is 0 Å². The zero-order chi connectivity index (χ0) is 14.3. The summed E-state index contributed by atoms with van der Waals surface area (Å²) in [6, 6.07) is 4.13. The van der Waals surface area contributed by atoms with Crippen molar-refractivity contribution in [3.8, 4) is 0 Å². The highest BCUT2D eigenvalue weighted by Gasteiger charge is 2.10. The molecule has 1 rings (SSSR count). The molecule has 0 aliphatic carbocycles. The highest BCUT2D eigenvalue weighted by molar-refractivity contribution is 6.04. The Morgan fingerprint density at radius 3 is 2.84 bits per heavy atom. The number of nitrogens with zero attached hydrogens (tertiary/aromatic N) is 1. The first-order valence-corrected chi connectivity index (χ1v) is 5.78. The Hall–Kier alpha value is -2.30. The quantitative estimate of drug-likeness (QED) is 0.504. The molecular weight excluding hydrogens is 247 g/mol. The number of aliphatic imine (C=N–C) groups is 1. The van der Waals surface area contributed by atoms with Gasteiger partial charge in [0.1, 0.15) is 17.8 Å². The maximum Gasteiger partial charge on any atom is 0.273 e. The topological polar surface area (TPSA) is 58.5 Å². The van der Waals surface area contributed by atoms with Crippen LogP contribution >= 0.6 is 0 Å². The molecule has 1 N–H and O–H groups in total. The van der Waals surface area contributed by atoms with Crippen molar-refractivity contribution in [3.05, 3.63) is 41.4 Å². The molecule has 1 aromatic rings. The smallest absolute Gasteiger partial charge is 0.273 e. The average Bonchev–Trinajstić information content (AvgIpc) is 2.38. The van der Waals surface area contributed by atoms with E-state index >= 15 is 0 Å². The van der Waals surface area contributed by atoms with Gasteiger partial charge < -0.3 is 10.1 Å². The average molecular weight is 262 g/mol. The molecule has 0 aliphatic heterocycles. The minimum Gasteiger partial charge on any atom is -0.320 e. The molecule has 0 spiro atoms. The van der Waals surface area contributed by atoms with Crippen LogP contribution in [-0.4, -0.2) is 18.4 Å². The number of benzene rings is 1. The zero-order valence-corrected chi connectivity index (χ0v) is 10.8. The second-order valence-corrected chi connectivity index (χ2v) is 3.79. The van der Waals surface area contributed by atoms with Gasteiger partial charge in [0.25, 0.3) is 5.91 Å². The molecule has 4 nitrogen and oxygen atoms in total. The van der Waals surface area contributed by atoms with Crippen LogP contribution in [0.4, 0.5) is 10.1 Å². The molecule has 0 fully saturated rings. The lowest BCUT2D eigenvalue weighted by atomic mass is 10.2. The summed E-state index contributed by atoms with van der Waals surface area (Å²) in [6.45, 7) is 3.42. The lowest BCUT2D eigenvalue weighted by Crippen LogP contribution is -2.14. The number of anilines is 1. The van der Waals surface area contributed by atoms with Gasteiger partial charge in [-0.05, 0) is 37.6 Å². The van der Waals surface area contributed by atoms with E-state index in [0.29, 0.717) is 12.0 Å². The van der Waals surface area contributed by atoms with Gasteiger partial charge in [0.15, 0.2) is 0 Å². The summed E-state index contributed by atoms with van der Waals surface area (Å²) in [4.78, 5) is 26.1. The highest BCUT2D eigenvalue weighted by atomic mass is 19.1. The lowest BCUT2D eigenvalue weighted by molar-refractivity contribution is -0.112. The van der Waals surface area contributed by atoms with Crippen LogP contribution in [0.1, 0.15) is 18.9 Å². The molecule has 0 aliphatic rings. The largest absolute Gasteiger partial charge is 0.320 e. The van der Waals surface area contributed by atoms with Crippen molar-refractivity contribution >= 4 is 24.1 Å². The van der Waals surface area contributed by atoms with Gasteiger partial charge in [0.2, 0.25) is 0 Å².